The van der Waals surface area contributed by atoms with Crippen LogP contribution in [-0.2, 0) is 20.9 Å². The summed E-state index contributed by atoms with van der Waals surface area (Å²) in [6.45, 7) is 4.93. The number of benzene rings is 1. The third kappa shape index (κ3) is 5.37. The number of rotatable bonds is 6. The Morgan fingerprint density at radius 3 is 2.54 bits per heavy atom. The molecule has 0 unspecified atom stereocenters. The summed E-state index contributed by atoms with van der Waals surface area (Å²) in [5.74, 6) is -1.73. The van der Waals surface area contributed by atoms with Crippen molar-refractivity contribution in [2.24, 2.45) is 0 Å². The fourth-order valence-electron chi connectivity index (χ4n) is 3.27. The summed E-state index contributed by atoms with van der Waals surface area (Å²) in [6.07, 6.45) is 0. The van der Waals surface area contributed by atoms with E-state index in [-0.39, 0.29) is 24.4 Å². The molecule has 2 atom stereocenters. The molecule has 1 aliphatic rings. The molecule has 1 aromatic carbocycles. The Labute approximate surface area is 167 Å². The quantitative estimate of drug-likeness (QED) is 0.722. The summed E-state index contributed by atoms with van der Waals surface area (Å²) in [4.78, 5) is 28.0. The second-order valence-electron chi connectivity index (χ2n) is 6.68. The van der Waals surface area contributed by atoms with Crippen molar-refractivity contribution >= 4 is 23.2 Å². The molecule has 150 valence electrons. The zero-order valence-corrected chi connectivity index (χ0v) is 16.5. The van der Waals surface area contributed by atoms with Gasteiger partial charge in [0.15, 0.2) is 0 Å². The minimum atomic E-state index is -0.705. The SMILES string of the molecule is C[C@@H](NC(=O)C(=O)NCc1ccc(F)cc1)[C@@H](c1cccs1)N1CCOCC1. The van der Waals surface area contributed by atoms with Crippen molar-refractivity contribution < 1.29 is 18.7 Å². The zero-order valence-electron chi connectivity index (χ0n) is 15.7. The lowest BCUT2D eigenvalue weighted by atomic mass is 10.1. The average molecular weight is 405 g/mol. The summed E-state index contributed by atoms with van der Waals surface area (Å²) < 4.78 is 18.4. The Morgan fingerprint density at radius 2 is 1.89 bits per heavy atom. The molecular weight excluding hydrogens is 381 g/mol. The van der Waals surface area contributed by atoms with Crippen LogP contribution in [0.2, 0.25) is 0 Å². The van der Waals surface area contributed by atoms with E-state index in [9.17, 15) is 14.0 Å². The van der Waals surface area contributed by atoms with E-state index in [1.165, 1.54) is 12.1 Å². The van der Waals surface area contributed by atoms with Crippen LogP contribution in [0.4, 0.5) is 4.39 Å². The van der Waals surface area contributed by atoms with E-state index in [0.29, 0.717) is 13.2 Å². The predicted molar refractivity (Wildman–Crippen MR) is 105 cm³/mol. The smallest absolute Gasteiger partial charge is 0.309 e. The maximum atomic E-state index is 12.9. The number of hydrogen-bond acceptors (Lipinski definition) is 5. The molecule has 1 aliphatic heterocycles. The fraction of sp³-hybridized carbons (Fsp3) is 0.400. The van der Waals surface area contributed by atoms with Crippen LogP contribution in [0, 0.1) is 5.82 Å². The van der Waals surface area contributed by atoms with Gasteiger partial charge in [0.2, 0.25) is 0 Å². The first kappa shape index (κ1) is 20.4. The molecular formula is C20H24FN3O3S. The molecule has 2 aromatic rings. The van der Waals surface area contributed by atoms with Gasteiger partial charge in [0.05, 0.1) is 19.3 Å². The predicted octanol–water partition coefficient (Wildman–Crippen LogP) is 2.08. The van der Waals surface area contributed by atoms with Crippen molar-refractivity contribution in [3.63, 3.8) is 0 Å². The number of ether oxygens (including phenoxy) is 1. The highest BCUT2D eigenvalue weighted by Crippen LogP contribution is 2.29. The third-order valence-electron chi connectivity index (χ3n) is 4.68. The van der Waals surface area contributed by atoms with Crippen molar-refractivity contribution in [3.8, 4) is 0 Å². The lowest BCUT2D eigenvalue weighted by Crippen LogP contribution is -2.51. The minimum absolute atomic E-state index is 0.0160. The van der Waals surface area contributed by atoms with Crippen LogP contribution in [0.25, 0.3) is 0 Å². The van der Waals surface area contributed by atoms with Crippen molar-refractivity contribution in [3.05, 3.63) is 58.0 Å². The monoisotopic (exact) mass is 405 g/mol. The van der Waals surface area contributed by atoms with Crippen LogP contribution in [0.1, 0.15) is 23.4 Å². The number of thiophene rings is 1. The maximum absolute atomic E-state index is 12.9. The first-order valence-electron chi connectivity index (χ1n) is 9.23. The van der Waals surface area contributed by atoms with E-state index in [1.54, 1.807) is 23.5 Å². The highest BCUT2D eigenvalue weighted by Gasteiger charge is 2.30. The van der Waals surface area contributed by atoms with Crippen LogP contribution in [-0.4, -0.2) is 49.1 Å². The molecule has 2 heterocycles. The number of halogens is 1. The topological polar surface area (TPSA) is 70.7 Å². The van der Waals surface area contributed by atoms with Gasteiger partial charge in [-0.2, -0.15) is 0 Å². The molecule has 1 fully saturated rings. The van der Waals surface area contributed by atoms with Gasteiger partial charge in [-0.05, 0) is 36.1 Å². The number of nitrogens with one attached hydrogen (secondary N) is 2. The highest BCUT2D eigenvalue weighted by molar-refractivity contribution is 7.10. The average Bonchev–Trinajstić information content (AvgIpc) is 3.22. The summed E-state index contributed by atoms with van der Waals surface area (Å²) in [6, 6.07) is 9.54. The van der Waals surface area contributed by atoms with Gasteiger partial charge in [-0.3, -0.25) is 14.5 Å². The number of amides is 2. The van der Waals surface area contributed by atoms with Crippen LogP contribution in [0.15, 0.2) is 41.8 Å². The molecule has 0 spiro atoms. The molecule has 2 amide bonds. The van der Waals surface area contributed by atoms with E-state index in [1.807, 2.05) is 24.4 Å². The molecule has 28 heavy (non-hydrogen) atoms. The van der Waals surface area contributed by atoms with Crippen molar-refractivity contribution in [2.45, 2.75) is 25.6 Å². The Balaban J connectivity index is 1.58. The molecule has 0 saturated carbocycles. The lowest BCUT2D eigenvalue weighted by Gasteiger charge is -2.37. The Hall–Kier alpha value is -2.29. The Kier molecular flexibility index (Phi) is 7.13. The molecule has 0 bridgehead atoms. The van der Waals surface area contributed by atoms with Gasteiger partial charge in [0.25, 0.3) is 0 Å². The van der Waals surface area contributed by atoms with E-state index >= 15 is 0 Å². The summed E-state index contributed by atoms with van der Waals surface area (Å²) in [5.41, 5.74) is 0.723. The number of morpholine rings is 1. The van der Waals surface area contributed by atoms with E-state index in [2.05, 4.69) is 15.5 Å². The second-order valence-corrected chi connectivity index (χ2v) is 7.66. The standard InChI is InChI=1S/C20H24FN3O3S/c1-14(18(17-3-2-12-28-17)24-8-10-27-11-9-24)23-20(26)19(25)22-13-15-4-6-16(21)7-5-15/h2-7,12,14,18H,8-11,13H2,1H3,(H,22,25)(H,23,26)/t14-,18+/m1/s1. The van der Waals surface area contributed by atoms with Crippen LogP contribution >= 0.6 is 11.3 Å². The van der Waals surface area contributed by atoms with Crippen LogP contribution in [0.3, 0.4) is 0 Å². The summed E-state index contributed by atoms with van der Waals surface area (Å²) in [7, 11) is 0. The summed E-state index contributed by atoms with van der Waals surface area (Å²) in [5, 5.41) is 7.40. The van der Waals surface area contributed by atoms with Gasteiger partial charge < -0.3 is 15.4 Å². The number of hydrogen-bond donors (Lipinski definition) is 2. The largest absolute Gasteiger partial charge is 0.379 e. The van der Waals surface area contributed by atoms with Crippen LogP contribution in [0.5, 0.6) is 0 Å². The normalized spacial score (nSPS) is 16.9. The van der Waals surface area contributed by atoms with Crippen molar-refractivity contribution in [1.29, 1.82) is 0 Å². The number of carbonyl (C=O) groups excluding carboxylic acids is 2. The minimum Gasteiger partial charge on any atom is -0.379 e. The fourth-order valence-corrected chi connectivity index (χ4v) is 4.24. The molecule has 3 rings (SSSR count). The molecule has 2 N–H and O–H groups in total. The molecule has 6 nitrogen and oxygen atoms in total. The first-order valence-corrected chi connectivity index (χ1v) is 10.1. The van der Waals surface area contributed by atoms with Gasteiger partial charge in [-0.1, -0.05) is 18.2 Å². The van der Waals surface area contributed by atoms with Gasteiger partial charge in [0, 0.05) is 30.6 Å². The number of carbonyl (C=O) groups is 2. The summed E-state index contributed by atoms with van der Waals surface area (Å²) >= 11 is 1.63. The van der Waals surface area contributed by atoms with Crippen molar-refractivity contribution in [1.82, 2.24) is 15.5 Å². The maximum Gasteiger partial charge on any atom is 0.309 e. The van der Waals surface area contributed by atoms with Gasteiger partial charge in [0.1, 0.15) is 5.82 Å². The number of nitrogens with zero attached hydrogens (tertiary/aromatic N) is 1. The highest BCUT2D eigenvalue weighted by atomic mass is 32.1. The van der Waals surface area contributed by atoms with Gasteiger partial charge >= 0.3 is 11.8 Å². The van der Waals surface area contributed by atoms with E-state index < -0.39 is 11.8 Å². The molecule has 1 aromatic heterocycles. The Morgan fingerprint density at radius 1 is 1.18 bits per heavy atom. The molecule has 8 heteroatoms. The molecule has 0 radical (unpaired) electrons. The first-order chi connectivity index (χ1) is 13.5. The second kappa shape index (κ2) is 9.77. The molecule has 0 aliphatic carbocycles. The van der Waals surface area contributed by atoms with E-state index in [0.717, 1.165) is 23.5 Å². The third-order valence-corrected chi connectivity index (χ3v) is 5.62. The molecule has 1 saturated heterocycles. The van der Waals surface area contributed by atoms with Crippen LogP contribution < -0.4 is 10.6 Å². The van der Waals surface area contributed by atoms with E-state index in [4.69, 9.17) is 4.74 Å². The van der Waals surface area contributed by atoms with Gasteiger partial charge in [-0.25, -0.2) is 4.39 Å². The Bertz CT molecular complexity index is 777. The lowest BCUT2D eigenvalue weighted by molar-refractivity contribution is -0.140. The van der Waals surface area contributed by atoms with Crippen molar-refractivity contribution in [2.75, 3.05) is 26.3 Å². The zero-order chi connectivity index (χ0) is 19.9. The van der Waals surface area contributed by atoms with Gasteiger partial charge in [-0.15, -0.1) is 11.3 Å².